The van der Waals surface area contributed by atoms with Crippen LogP contribution in [-0.2, 0) is 0 Å². The van der Waals surface area contributed by atoms with E-state index in [9.17, 15) is 4.79 Å². The van der Waals surface area contributed by atoms with E-state index in [0.29, 0.717) is 0 Å². The first kappa shape index (κ1) is 11.1. The molecule has 1 aliphatic heterocycles. The molecule has 80 valence electrons. The molecular formula is C7H15N4O3+. The van der Waals surface area contributed by atoms with Gasteiger partial charge in [0.15, 0.2) is 0 Å². The third kappa shape index (κ3) is 1.76. The fraction of sp³-hybridized carbons (Fsp3) is 0.571. The lowest BCUT2D eigenvalue weighted by atomic mass is 10.5. The second-order valence-corrected chi connectivity index (χ2v) is 2.94. The number of hydrogen-bond acceptors (Lipinski definition) is 5. The Morgan fingerprint density at radius 2 is 2.21 bits per heavy atom. The largest absolute Gasteiger partial charge is 0.448 e. The number of quaternary nitrogens is 1. The summed E-state index contributed by atoms with van der Waals surface area (Å²) in [6.07, 6.45) is 3.07. The molecule has 5 N–H and O–H groups in total. The molecule has 1 aliphatic rings. The second-order valence-electron chi connectivity index (χ2n) is 2.94. The molecule has 0 fully saturated rings. The molecule has 0 aromatic rings. The van der Waals surface area contributed by atoms with Crippen molar-refractivity contribution in [2.75, 3.05) is 26.3 Å². The van der Waals surface area contributed by atoms with Crippen molar-refractivity contribution < 1.29 is 19.6 Å². The number of rotatable bonds is 5. The van der Waals surface area contributed by atoms with Gasteiger partial charge in [-0.15, -0.1) is 4.59 Å². The van der Waals surface area contributed by atoms with Crippen LogP contribution in [0, 0.1) is 0 Å². The minimum Gasteiger partial charge on any atom is -0.395 e. The molecule has 1 atom stereocenters. The lowest BCUT2D eigenvalue weighted by Crippen LogP contribution is -2.62. The number of β-amino-alcohol motifs (C(OH)–C–C–N with tert-alkyl or cyclic N) is 1. The smallest absolute Gasteiger partial charge is 0.395 e. The first-order valence-electron chi connectivity index (χ1n) is 4.28. The van der Waals surface area contributed by atoms with Gasteiger partial charge in [-0.05, 0) is 0 Å². The highest BCUT2D eigenvalue weighted by Crippen LogP contribution is 2.16. The molecule has 0 aromatic carbocycles. The molecule has 0 aromatic heterocycles. The number of carbonyl (C=O) groups excluding carboxylic acids is 1. The van der Waals surface area contributed by atoms with Crippen molar-refractivity contribution in [1.29, 1.82) is 0 Å². The molecule has 0 bridgehead atoms. The zero-order valence-electron chi connectivity index (χ0n) is 7.76. The van der Waals surface area contributed by atoms with E-state index in [1.165, 1.54) is 17.3 Å². The number of aliphatic hydroxyl groups is 2. The van der Waals surface area contributed by atoms with Gasteiger partial charge in [0.2, 0.25) is 0 Å². The summed E-state index contributed by atoms with van der Waals surface area (Å²) in [5, 5.41) is 17.5. The van der Waals surface area contributed by atoms with Crippen molar-refractivity contribution in [2.45, 2.75) is 0 Å². The average molecular weight is 203 g/mol. The fourth-order valence-electron chi connectivity index (χ4n) is 1.32. The summed E-state index contributed by atoms with van der Waals surface area (Å²) >= 11 is 0. The topological polar surface area (TPSA) is 98.8 Å². The Morgan fingerprint density at radius 3 is 2.71 bits per heavy atom. The minimum absolute atomic E-state index is 0.111. The van der Waals surface area contributed by atoms with Crippen LogP contribution in [0.1, 0.15) is 0 Å². The lowest BCUT2D eigenvalue weighted by molar-refractivity contribution is -0.846. The predicted octanol–water partition coefficient (Wildman–Crippen LogP) is -1.93. The Hall–Kier alpha value is -0.990. The number of urea groups is 1. The number of amides is 2. The highest BCUT2D eigenvalue weighted by atomic mass is 16.3. The average Bonchev–Trinajstić information content (AvgIpc) is 2.48. The van der Waals surface area contributed by atoms with E-state index in [1.807, 2.05) is 0 Å². The maximum Gasteiger partial charge on any atom is 0.448 e. The fourth-order valence-corrected chi connectivity index (χ4v) is 1.32. The Bertz CT molecular complexity index is 245. The van der Waals surface area contributed by atoms with Gasteiger partial charge in [-0.25, -0.2) is 10.6 Å². The van der Waals surface area contributed by atoms with Crippen LogP contribution in [-0.4, -0.2) is 52.0 Å². The number of aliphatic hydroxyl groups excluding tert-OH is 2. The van der Waals surface area contributed by atoms with E-state index in [0.717, 1.165) is 0 Å². The molecule has 0 spiro atoms. The zero-order valence-corrected chi connectivity index (χ0v) is 7.76. The Morgan fingerprint density at radius 1 is 1.50 bits per heavy atom. The molecule has 1 rings (SSSR count). The van der Waals surface area contributed by atoms with Crippen LogP contribution in [0.15, 0.2) is 12.4 Å². The molecule has 1 heterocycles. The van der Waals surface area contributed by atoms with Crippen LogP contribution in [0.2, 0.25) is 0 Å². The van der Waals surface area contributed by atoms with E-state index < -0.39 is 0 Å². The van der Waals surface area contributed by atoms with Crippen molar-refractivity contribution in [3.8, 4) is 0 Å². The van der Waals surface area contributed by atoms with E-state index in [2.05, 4.69) is 5.53 Å². The minimum atomic E-state index is -0.323. The first-order valence-corrected chi connectivity index (χ1v) is 4.28. The number of nitrogens with one attached hydrogen (secondary N) is 1. The van der Waals surface area contributed by atoms with Crippen molar-refractivity contribution in [2.24, 2.45) is 5.84 Å². The lowest BCUT2D eigenvalue weighted by Gasteiger charge is -2.25. The molecule has 7 heteroatoms. The summed E-state index contributed by atoms with van der Waals surface area (Å²) in [6, 6.07) is -0.310. The third-order valence-corrected chi connectivity index (χ3v) is 2.11. The summed E-state index contributed by atoms with van der Waals surface area (Å²) in [5.74, 6) is 5.25. The SMILES string of the molecule is NN[N+]1(CCO)C=CN(CCO)C1=O. The number of carbonyl (C=O) groups is 1. The first-order chi connectivity index (χ1) is 6.70. The van der Waals surface area contributed by atoms with Crippen LogP contribution in [0.4, 0.5) is 4.79 Å². The third-order valence-electron chi connectivity index (χ3n) is 2.11. The van der Waals surface area contributed by atoms with Crippen LogP contribution in [0.5, 0.6) is 0 Å². The van der Waals surface area contributed by atoms with Crippen molar-refractivity contribution >= 4 is 6.03 Å². The quantitative estimate of drug-likeness (QED) is 0.237. The Balaban J connectivity index is 2.73. The molecule has 1 unspecified atom stereocenters. The summed E-state index contributed by atoms with van der Waals surface area (Å²) in [5.41, 5.74) is 2.33. The van der Waals surface area contributed by atoms with Gasteiger partial charge in [-0.2, -0.15) is 0 Å². The molecule has 0 radical (unpaired) electrons. The van der Waals surface area contributed by atoms with Crippen LogP contribution < -0.4 is 11.4 Å². The van der Waals surface area contributed by atoms with Gasteiger partial charge < -0.3 is 10.2 Å². The number of hydrazine groups is 1. The molecule has 0 saturated heterocycles. The van der Waals surface area contributed by atoms with E-state index >= 15 is 0 Å². The Labute approximate surface area is 81.5 Å². The van der Waals surface area contributed by atoms with E-state index in [4.69, 9.17) is 16.1 Å². The van der Waals surface area contributed by atoms with Crippen molar-refractivity contribution in [1.82, 2.24) is 10.4 Å². The summed E-state index contributed by atoms with van der Waals surface area (Å²) < 4.78 is -0.323. The van der Waals surface area contributed by atoms with Gasteiger partial charge in [0.1, 0.15) is 12.7 Å². The van der Waals surface area contributed by atoms with Gasteiger partial charge in [0.05, 0.1) is 26.0 Å². The van der Waals surface area contributed by atoms with Gasteiger partial charge >= 0.3 is 6.03 Å². The standard InChI is InChI=1S/C7H15N4O3/c8-9-11(4-6-13)3-1-10(2-5-12)7(11)14/h1,3,9,12-13H,2,4-6,8H2/q+1. The maximum atomic E-state index is 11.7. The number of hydrogen-bond donors (Lipinski definition) is 4. The zero-order chi connectivity index (χ0) is 10.6. The summed E-state index contributed by atoms with van der Waals surface area (Å²) in [4.78, 5) is 13.1. The predicted molar refractivity (Wildman–Crippen MR) is 47.9 cm³/mol. The van der Waals surface area contributed by atoms with Crippen molar-refractivity contribution in [3.63, 3.8) is 0 Å². The number of nitrogens with zero attached hydrogens (tertiary/aromatic N) is 2. The molecule has 14 heavy (non-hydrogen) atoms. The van der Waals surface area contributed by atoms with E-state index in [1.54, 1.807) is 0 Å². The molecule has 7 nitrogen and oxygen atoms in total. The normalized spacial score (nSPS) is 26.2. The van der Waals surface area contributed by atoms with Gasteiger partial charge in [0.25, 0.3) is 0 Å². The monoisotopic (exact) mass is 203 g/mol. The summed E-state index contributed by atoms with van der Waals surface area (Å²) in [6.45, 7) is 0.114. The van der Waals surface area contributed by atoms with Crippen LogP contribution >= 0.6 is 0 Å². The van der Waals surface area contributed by atoms with Gasteiger partial charge in [-0.1, -0.05) is 5.53 Å². The molecule has 0 aliphatic carbocycles. The molecule has 2 amide bonds. The molecular weight excluding hydrogens is 188 g/mol. The van der Waals surface area contributed by atoms with Gasteiger partial charge in [-0.3, -0.25) is 4.90 Å². The maximum absolute atomic E-state index is 11.7. The highest BCUT2D eigenvalue weighted by Gasteiger charge is 2.42. The highest BCUT2D eigenvalue weighted by molar-refractivity contribution is 5.70. The van der Waals surface area contributed by atoms with E-state index in [-0.39, 0.29) is 36.9 Å². The van der Waals surface area contributed by atoms with Crippen molar-refractivity contribution in [3.05, 3.63) is 12.4 Å². The number of nitrogens with two attached hydrogens (primary N) is 1. The van der Waals surface area contributed by atoms with Crippen LogP contribution in [0.25, 0.3) is 0 Å². The van der Waals surface area contributed by atoms with Gasteiger partial charge in [0, 0.05) is 0 Å². The second kappa shape index (κ2) is 4.49. The summed E-state index contributed by atoms with van der Waals surface area (Å²) in [7, 11) is 0. The Kier molecular flexibility index (Phi) is 3.55. The molecule has 0 saturated carbocycles. The van der Waals surface area contributed by atoms with Crippen LogP contribution in [0.3, 0.4) is 0 Å².